The van der Waals surface area contributed by atoms with Crippen LogP contribution in [-0.2, 0) is 11.2 Å². The minimum absolute atomic E-state index is 0.182. The summed E-state index contributed by atoms with van der Waals surface area (Å²) in [4.78, 5) is 12.0. The fourth-order valence-electron chi connectivity index (χ4n) is 1.81. The molecule has 0 radical (unpaired) electrons. The molecule has 104 valence electrons. The molecule has 0 atom stereocenters. The van der Waals surface area contributed by atoms with Gasteiger partial charge in [0.25, 0.3) is 0 Å². The number of carbonyl (C=O) groups excluding carboxylic acids is 1. The maximum Gasteiger partial charge on any atom is 0.228 e. The quantitative estimate of drug-likeness (QED) is 0.920. The number of hydrogen-bond donors (Lipinski definition) is 1. The highest BCUT2D eigenvalue weighted by Gasteiger charge is 2.10. The fraction of sp³-hybridized carbons (Fsp3) is 0.133. The van der Waals surface area contributed by atoms with E-state index < -0.39 is 0 Å². The van der Waals surface area contributed by atoms with Gasteiger partial charge >= 0.3 is 0 Å². The van der Waals surface area contributed by atoms with Crippen molar-refractivity contribution in [2.45, 2.75) is 6.42 Å². The summed E-state index contributed by atoms with van der Waals surface area (Å²) in [6.45, 7) is 0. The zero-order valence-corrected chi connectivity index (χ0v) is 12.3. The molecule has 0 aliphatic carbocycles. The third kappa shape index (κ3) is 3.65. The van der Waals surface area contributed by atoms with Crippen LogP contribution in [0.4, 0.5) is 5.69 Å². The van der Waals surface area contributed by atoms with Gasteiger partial charge < -0.3 is 10.1 Å². The summed E-state index contributed by atoms with van der Waals surface area (Å²) in [5.41, 5.74) is 1.31. The summed E-state index contributed by atoms with van der Waals surface area (Å²) in [6, 6.07) is 12.3. The topological polar surface area (TPSA) is 38.3 Å². The average molecular weight is 310 g/mol. The molecule has 20 heavy (non-hydrogen) atoms. The largest absolute Gasteiger partial charge is 0.496 e. The Morgan fingerprint density at radius 3 is 2.70 bits per heavy atom. The number of nitrogens with one attached hydrogen (secondary N) is 1. The molecule has 1 N–H and O–H groups in total. The molecule has 0 saturated carbocycles. The van der Waals surface area contributed by atoms with E-state index in [-0.39, 0.29) is 12.3 Å². The molecule has 1 amide bonds. The normalized spacial score (nSPS) is 10.2. The van der Waals surface area contributed by atoms with Gasteiger partial charge in [-0.2, -0.15) is 0 Å². The van der Waals surface area contributed by atoms with Crippen LogP contribution in [0.5, 0.6) is 5.75 Å². The molecule has 0 aliphatic heterocycles. The van der Waals surface area contributed by atoms with Crippen LogP contribution in [-0.4, -0.2) is 13.0 Å². The number of benzene rings is 2. The first kappa shape index (κ1) is 14.7. The van der Waals surface area contributed by atoms with Gasteiger partial charge in [-0.15, -0.1) is 0 Å². The van der Waals surface area contributed by atoms with Crippen LogP contribution in [0.25, 0.3) is 0 Å². The minimum atomic E-state index is -0.182. The van der Waals surface area contributed by atoms with Crippen LogP contribution < -0.4 is 10.1 Å². The van der Waals surface area contributed by atoms with Crippen molar-refractivity contribution >= 4 is 34.8 Å². The predicted molar refractivity (Wildman–Crippen MR) is 81.8 cm³/mol. The molecule has 0 heterocycles. The van der Waals surface area contributed by atoms with Crippen LogP contribution in [0, 0.1) is 0 Å². The van der Waals surface area contributed by atoms with E-state index in [9.17, 15) is 4.79 Å². The molecule has 0 aromatic heterocycles. The lowest BCUT2D eigenvalue weighted by molar-refractivity contribution is -0.115. The van der Waals surface area contributed by atoms with Crippen LogP contribution in [0.1, 0.15) is 5.56 Å². The number of ether oxygens (including phenoxy) is 1. The third-order valence-electron chi connectivity index (χ3n) is 2.75. The molecular weight excluding hydrogens is 297 g/mol. The Hall–Kier alpha value is -1.71. The molecule has 0 bridgehead atoms. The molecule has 0 fully saturated rings. The monoisotopic (exact) mass is 309 g/mol. The average Bonchev–Trinajstić information content (AvgIpc) is 2.43. The van der Waals surface area contributed by atoms with Crippen LogP contribution in [0.15, 0.2) is 42.5 Å². The lowest BCUT2D eigenvalue weighted by Gasteiger charge is -2.10. The first-order valence-electron chi connectivity index (χ1n) is 5.97. The number of methoxy groups -OCH3 is 1. The second-order valence-corrected chi connectivity index (χ2v) is 5.00. The lowest BCUT2D eigenvalue weighted by Crippen LogP contribution is -2.15. The van der Waals surface area contributed by atoms with Crippen molar-refractivity contribution in [3.63, 3.8) is 0 Å². The third-order valence-corrected chi connectivity index (χ3v) is 3.31. The Morgan fingerprint density at radius 2 is 1.95 bits per heavy atom. The van der Waals surface area contributed by atoms with Crippen molar-refractivity contribution in [1.29, 1.82) is 0 Å². The number of para-hydroxylation sites is 1. The van der Waals surface area contributed by atoms with Gasteiger partial charge in [-0.3, -0.25) is 4.79 Å². The number of anilines is 1. The summed E-state index contributed by atoms with van der Waals surface area (Å²) < 4.78 is 5.21. The molecule has 0 aliphatic rings. The number of carbonyl (C=O) groups is 1. The Bertz CT molecular complexity index is 629. The molecule has 0 unspecified atom stereocenters. The maximum absolute atomic E-state index is 12.0. The van der Waals surface area contributed by atoms with Gasteiger partial charge in [-0.25, -0.2) is 0 Å². The molecule has 0 saturated heterocycles. The Balaban J connectivity index is 2.11. The van der Waals surface area contributed by atoms with Crippen molar-refractivity contribution in [3.8, 4) is 5.75 Å². The Labute approximate surface area is 127 Å². The fourth-order valence-corrected chi connectivity index (χ4v) is 2.15. The number of halogens is 2. The number of amides is 1. The van der Waals surface area contributed by atoms with Gasteiger partial charge in [0.05, 0.1) is 24.2 Å². The summed E-state index contributed by atoms with van der Waals surface area (Å²) in [7, 11) is 1.57. The van der Waals surface area contributed by atoms with Gasteiger partial charge in [-0.1, -0.05) is 41.4 Å². The van der Waals surface area contributed by atoms with E-state index in [4.69, 9.17) is 27.9 Å². The standard InChI is InChI=1S/C15H13Cl2NO2/c1-20-14-5-3-2-4-10(14)8-15(19)18-13-9-11(16)6-7-12(13)17/h2-7,9H,8H2,1H3,(H,18,19). The molecular formula is C15H13Cl2NO2. The first-order valence-corrected chi connectivity index (χ1v) is 6.72. The Kier molecular flexibility index (Phi) is 4.88. The van der Waals surface area contributed by atoms with Gasteiger partial charge in [0, 0.05) is 10.6 Å². The van der Waals surface area contributed by atoms with Gasteiger partial charge in [0.2, 0.25) is 5.91 Å². The zero-order valence-electron chi connectivity index (χ0n) is 10.8. The molecule has 5 heteroatoms. The van der Waals surface area contributed by atoms with Gasteiger partial charge in [0.15, 0.2) is 0 Å². The summed E-state index contributed by atoms with van der Waals surface area (Å²) in [6.07, 6.45) is 0.201. The van der Waals surface area contributed by atoms with Crippen LogP contribution in [0.3, 0.4) is 0 Å². The van der Waals surface area contributed by atoms with Crippen molar-refractivity contribution < 1.29 is 9.53 Å². The highest BCUT2D eigenvalue weighted by atomic mass is 35.5. The maximum atomic E-state index is 12.0. The second kappa shape index (κ2) is 6.64. The van der Waals surface area contributed by atoms with E-state index in [0.29, 0.717) is 21.5 Å². The summed E-state index contributed by atoms with van der Waals surface area (Å²) in [5.74, 6) is 0.499. The summed E-state index contributed by atoms with van der Waals surface area (Å²) in [5, 5.41) is 3.70. The molecule has 3 nitrogen and oxygen atoms in total. The number of hydrogen-bond acceptors (Lipinski definition) is 2. The first-order chi connectivity index (χ1) is 9.60. The zero-order chi connectivity index (χ0) is 14.5. The molecule has 2 aromatic rings. The second-order valence-electron chi connectivity index (χ2n) is 4.16. The van der Waals surface area contributed by atoms with Crippen LogP contribution >= 0.6 is 23.2 Å². The minimum Gasteiger partial charge on any atom is -0.496 e. The summed E-state index contributed by atoms with van der Waals surface area (Å²) >= 11 is 11.9. The van der Waals surface area contributed by atoms with E-state index >= 15 is 0 Å². The molecule has 2 rings (SSSR count). The number of rotatable bonds is 4. The van der Waals surface area contributed by atoms with E-state index in [1.807, 2.05) is 24.3 Å². The van der Waals surface area contributed by atoms with E-state index in [1.165, 1.54) is 0 Å². The van der Waals surface area contributed by atoms with Gasteiger partial charge in [0.1, 0.15) is 5.75 Å². The van der Waals surface area contributed by atoms with Crippen LogP contribution in [0.2, 0.25) is 10.0 Å². The van der Waals surface area contributed by atoms with E-state index in [2.05, 4.69) is 5.32 Å². The predicted octanol–water partition coefficient (Wildman–Crippen LogP) is 4.18. The highest BCUT2D eigenvalue weighted by molar-refractivity contribution is 6.35. The van der Waals surface area contributed by atoms with E-state index in [1.54, 1.807) is 25.3 Å². The van der Waals surface area contributed by atoms with Crippen molar-refractivity contribution in [2.24, 2.45) is 0 Å². The SMILES string of the molecule is COc1ccccc1CC(=O)Nc1cc(Cl)ccc1Cl. The smallest absolute Gasteiger partial charge is 0.228 e. The Morgan fingerprint density at radius 1 is 1.20 bits per heavy atom. The molecule has 0 spiro atoms. The van der Waals surface area contributed by atoms with Crippen molar-refractivity contribution in [1.82, 2.24) is 0 Å². The molecule has 2 aromatic carbocycles. The van der Waals surface area contributed by atoms with E-state index in [0.717, 1.165) is 5.56 Å². The van der Waals surface area contributed by atoms with Crippen molar-refractivity contribution in [3.05, 3.63) is 58.1 Å². The lowest BCUT2D eigenvalue weighted by atomic mass is 10.1. The van der Waals surface area contributed by atoms with Crippen molar-refractivity contribution in [2.75, 3.05) is 12.4 Å². The highest BCUT2D eigenvalue weighted by Crippen LogP contribution is 2.26. The van der Waals surface area contributed by atoms with Gasteiger partial charge in [-0.05, 0) is 24.3 Å².